The molecule has 0 aliphatic heterocycles. The van der Waals surface area contributed by atoms with Crippen molar-refractivity contribution in [3.05, 3.63) is 11.9 Å². The quantitative estimate of drug-likeness (QED) is 0.841. The smallest absolute Gasteiger partial charge is 0.158 e. The Hall–Kier alpha value is -1.01. The molecule has 2 atom stereocenters. The molecule has 1 aromatic heterocycles. The van der Waals surface area contributed by atoms with Gasteiger partial charge in [-0.25, -0.2) is 9.97 Å². The molecule has 1 saturated carbocycles. The minimum absolute atomic E-state index is 0.410. The summed E-state index contributed by atoms with van der Waals surface area (Å²) in [5.74, 6) is 1.96. The second-order valence-electron chi connectivity index (χ2n) is 5.04. The maximum atomic E-state index is 5.85. The van der Waals surface area contributed by atoms with E-state index >= 15 is 0 Å². The van der Waals surface area contributed by atoms with Crippen LogP contribution in [0.3, 0.4) is 0 Å². The average Bonchev–Trinajstić information content (AvgIpc) is 2.45. The number of nitrogens with one attached hydrogen (secondary N) is 1. The Kier molecular flexibility index (Phi) is 5.91. The molecule has 0 bridgehead atoms. The zero-order chi connectivity index (χ0) is 14.4. The average molecular weight is 296 g/mol. The number of hydrogen-bond donors (Lipinski definition) is 2. The van der Waals surface area contributed by atoms with Gasteiger partial charge >= 0.3 is 0 Å². The highest BCUT2D eigenvalue weighted by Crippen LogP contribution is 2.29. The van der Waals surface area contributed by atoms with Crippen LogP contribution in [0.5, 0.6) is 0 Å². The van der Waals surface area contributed by atoms with E-state index in [1.54, 1.807) is 6.07 Å². The van der Waals surface area contributed by atoms with Crippen LogP contribution in [0.1, 0.15) is 38.4 Å². The van der Waals surface area contributed by atoms with Crippen molar-refractivity contribution >= 4 is 23.4 Å². The summed E-state index contributed by atoms with van der Waals surface area (Å²) in [4.78, 5) is 8.70. The van der Waals surface area contributed by atoms with Crippen molar-refractivity contribution in [2.75, 3.05) is 23.9 Å². The van der Waals surface area contributed by atoms with E-state index in [4.69, 9.17) is 10.5 Å². The van der Waals surface area contributed by atoms with Crippen LogP contribution in [-0.2, 0) is 11.3 Å². The lowest BCUT2D eigenvalue weighted by molar-refractivity contribution is 0.128. The van der Waals surface area contributed by atoms with E-state index in [2.05, 4.69) is 21.5 Å². The first-order chi connectivity index (χ1) is 9.72. The molecule has 112 valence electrons. The van der Waals surface area contributed by atoms with E-state index in [1.165, 1.54) is 25.7 Å². The molecule has 0 radical (unpaired) electrons. The highest BCUT2D eigenvalue weighted by molar-refractivity contribution is 7.99. The molecule has 1 aliphatic rings. The zero-order valence-corrected chi connectivity index (χ0v) is 13.1. The van der Waals surface area contributed by atoms with Gasteiger partial charge in [0.2, 0.25) is 0 Å². The Labute approximate surface area is 125 Å². The normalized spacial score (nSPS) is 22.7. The molecule has 1 heterocycles. The minimum atomic E-state index is 0.410. The topological polar surface area (TPSA) is 73.1 Å². The number of nitrogen functional groups attached to an aromatic ring is 1. The second kappa shape index (κ2) is 7.69. The molecule has 0 saturated heterocycles. The fourth-order valence-corrected chi connectivity index (χ4v) is 3.52. The third kappa shape index (κ3) is 4.24. The molecule has 20 heavy (non-hydrogen) atoms. The fraction of sp³-hybridized carbons (Fsp3) is 0.714. The van der Waals surface area contributed by atoms with E-state index < -0.39 is 0 Å². The Morgan fingerprint density at radius 1 is 1.40 bits per heavy atom. The van der Waals surface area contributed by atoms with Gasteiger partial charge in [0.25, 0.3) is 0 Å². The molecule has 1 fully saturated rings. The Bertz CT molecular complexity index is 430. The second-order valence-corrected chi connectivity index (χ2v) is 6.12. The van der Waals surface area contributed by atoms with Gasteiger partial charge in [0.1, 0.15) is 18.2 Å². The summed E-state index contributed by atoms with van der Waals surface area (Å²) in [7, 11) is 0. The van der Waals surface area contributed by atoms with E-state index in [1.807, 2.05) is 18.7 Å². The number of ether oxygens (including phenoxy) is 1. The van der Waals surface area contributed by atoms with E-state index in [-0.39, 0.29) is 0 Å². The van der Waals surface area contributed by atoms with Crippen LogP contribution < -0.4 is 11.1 Å². The van der Waals surface area contributed by atoms with Crippen molar-refractivity contribution in [3.63, 3.8) is 0 Å². The lowest BCUT2D eigenvalue weighted by Crippen LogP contribution is -2.34. The van der Waals surface area contributed by atoms with E-state index in [0.29, 0.717) is 36.1 Å². The molecular weight excluding hydrogens is 272 g/mol. The molecule has 0 spiro atoms. The molecule has 2 rings (SSSR count). The van der Waals surface area contributed by atoms with Crippen LogP contribution in [0.4, 0.5) is 11.6 Å². The van der Waals surface area contributed by atoms with Crippen LogP contribution >= 0.6 is 11.8 Å². The predicted octanol–water partition coefficient (Wildman–Crippen LogP) is 2.68. The lowest BCUT2D eigenvalue weighted by Gasteiger charge is -2.31. The van der Waals surface area contributed by atoms with Crippen molar-refractivity contribution < 1.29 is 4.74 Å². The molecule has 0 amide bonds. The van der Waals surface area contributed by atoms with Gasteiger partial charge in [-0.05, 0) is 26.0 Å². The molecule has 6 heteroatoms. The highest BCUT2D eigenvalue weighted by atomic mass is 32.2. The van der Waals surface area contributed by atoms with Crippen LogP contribution in [0.2, 0.25) is 0 Å². The SMILES string of the molecule is CCOCc1nc(N)cc(NC2CCCCC2SC)n1. The fourth-order valence-electron chi connectivity index (χ4n) is 2.58. The van der Waals surface area contributed by atoms with Crippen molar-refractivity contribution in [1.82, 2.24) is 9.97 Å². The summed E-state index contributed by atoms with van der Waals surface area (Å²) in [5, 5.41) is 4.18. The number of nitrogens with two attached hydrogens (primary N) is 1. The summed E-state index contributed by atoms with van der Waals surface area (Å²) in [6.45, 7) is 3.02. The highest BCUT2D eigenvalue weighted by Gasteiger charge is 2.24. The maximum Gasteiger partial charge on any atom is 0.158 e. The molecule has 5 nitrogen and oxygen atoms in total. The number of nitrogens with zero attached hydrogens (tertiary/aromatic N) is 2. The van der Waals surface area contributed by atoms with Crippen molar-refractivity contribution in [2.24, 2.45) is 0 Å². The molecule has 2 unspecified atom stereocenters. The van der Waals surface area contributed by atoms with E-state index in [9.17, 15) is 0 Å². The summed E-state index contributed by atoms with van der Waals surface area (Å²) in [6.07, 6.45) is 7.24. The lowest BCUT2D eigenvalue weighted by atomic mass is 9.95. The summed E-state index contributed by atoms with van der Waals surface area (Å²) >= 11 is 1.93. The number of thioether (sulfide) groups is 1. The Balaban J connectivity index is 2.05. The predicted molar refractivity (Wildman–Crippen MR) is 85.0 cm³/mol. The first-order valence-corrected chi connectivity index (χ1v) is 8.52. The van der Waals surface area contributed by atoms with Gasteiger partial charge in [0, 0.05) is 24.0 Å². The minimum Gasteiger partial charge on any atom is -0.384 e. The molecule has 1 aliphatic carbocycles. The molecule has 3 N–H and O–H groups in total. The molecule has 1 aromatic rings. The first kappa shape index (κ1) is 15.4. The standard InChI is InChI=1S/C14H24N4OS/c1-3-19-9-14-17-12(15)8-13(18-14)16-10-6-4-5-7-11(10)20-2/h8,10-11H,3-7,9H2,1-2H3,(H3,15,16,17,18). The van der Waals surface area contributed by atoms with Gasteiger partial charge in [-0.3, -0.25) is 0 Å². The third-order valence-corrected chi connectivity index (χ3v) is 4.74. The van der Waals surface area contributed by atoms with E-state index in [0.717, 1.165) is 5.82 Å². The van der Waals surface area contributed by atoms with Gasteiger partial charge in [-0.1, -0.05) is 12.8 Å². The number of anilines is 2. The number of aromatic nitrogens is 2. The van der Waals surface area contributed by atoms with Crippen LogP contribution in [0.25, 0.3) is 0 Å². The van der Waals surface area contributed by atoms with Crippen LogP contribution in [0, 0.1) is 0 Å². The zero-order valence-electron chi connectivity index (χ0n) is 12.3. The first-order valence-electron chi connectivity index (χ1n) is 7.23. The van der Waals surface area contributed by atoms with Gasteiger partial charge in [0.15, 0.2) is 5.82 Å². The molecule has 0 aromatic carbocycles. The summed E-state index contributed by atoms with van der Waals surface area (Å²) in [5.41, 5.74) is 5.85. The van der Waals surface area contributed by atoms with Crippen molar-refractivity contribution in [1.29, 1.82) is 0 Å². The van der Waals surface area contributed by atoms with Gasteiger partial charge in [0.05, 0.1) is 0 Å². The van der Waals surface area contributed by atoms with Crippen molar-refractivity contribution in [3.8, 4) is 0 Å². The Morgan fingerprint density at radius 2 is 2.20 bits per heavy atom. The van der Waals surface area contributed by atoms with Crippen molar-refractivity contribution in [2.45, 2.75) is 50.5 Å². The monoisotopic (exact) mass is 296 g/mol. The number of hydrogen-bond acceptors (Lipinski definition) is 6. The Morgan fingerprint density at radius 3 is 2.95 bits per heavy atom. The van der Waals surface area contributed by atoms with Gasteiger partial charge in [-0.15, -0.1) is 0 Å². The van der Waals surface area contributed by atoms with Gasteiger partial charge < -0.3 is 15.8 Å². The maximum absolute atomic E-state index is 5.85. The summed E-state index contributed by atoms with van der Waals surface area (Å²) in [6, 6.07) is 2.27. The van der Waals surface area contributed by atoms with Crippen LogP contribution in [0.15, 0.2) is 6.07 Å². The summed E-state index contributed by atoms with van der Waals surface area (Å²) < 4.78 is 5.35. The molecular formula is C14H24N4OS. The van der Waals surface area contributed by atoms with Crippen LogP contribution in [-0.4, -0.2) is 34.1 Å². The number of rotatable bonds is 6. The third-order valence-electron chi connectivity index (χ3n) is 3.57. The largest absolute Gasteiger partial charge is 0.384 e. The van der Waals surface area contributed by atoms with Gasteiger partial charge in [-0.2, -0.15) is 11.8 Å².